The lowest BCUT2D eigenvalue weighted by atomic mass is 9.98. The second kappa shape index (κ2) is 9.49. The third-order valence-corrected chi connectivity index (χ3v) is 8.07. The van der Waals surface area contributed by atoms with E-state index < -0.39 is 0 Å². The van der Waals surface area contributed by atoms with Crippen molar-refractivity contribution in [2.45, 2.75) is 0 Å². The van der Waals surface area contributed by atoms with E-state index in [1.807, 2.05) is 62.9 Å². The van der Waals surface area contributed by atoms with Gasteiger partial charge >= 0.3 is 0 Å². The highest BCUT2D eigenvalue weighted by Crippen LogP contribution is 2.31. The van der Waals surface area contributed by atoms with Crippen LogP contribution in [0.3, 0.4) is 0 Å². The van der Waals surface area contributed by atoms with Gasteiger partial charge in [-0.15, -0.1) is 0 Å². The number of hydrogen-bond donors (Lipinski definition) is 0. The number of rotatable bonds is 4. The van der Waals surface area contributed by atoms with Crippen LogP contribution in [0.2, 0.25) is 0 Å². The van der Waals surface area contributed by atoms with Gasteiger partial charge in [0.1, 0.15) is 11.4 Å². The standard InChI is InChI=1S/C36H26N6/c1-41-33-9-5-3-7-29(33)39-35(41)31-17-15-26(21-37-31)24-13-11-23-12-14-25(20-28(23)19-24)27-16-18-32(38-22-27)36-40-30-8-4-6-10-34(30)42(36)2/h3-22H,1-2H3. The van der Waals surface area contributed by atoms with Gasteiger partial charge in [0.05, 0.1) is 22.1 Å². The fourth-order valence-corrected chi connectivity index (χ4v) is 5.75. The third-order valence-electron chi connectivity index (χ3n) is 8.07. The zero-order valence-corrected chi connectivity index (χ0v) is 23.2. The molecule has 8 aromatic rings. The number of aromatic nitrogens is 6. The van der Waals surface area contributed by atoms with Crippen LogP contribution in [0, 0.1) is 0 Å². The van der Waals surface area contributed by atoms with Crippen molar-refractivity contribution in [1.82, 2.24) is 29.1 Å². The van der Waals surface area contributed by atoms with Gasteiger partial charge in [-0.25, -0.2) is 9.97 Å². The molecule has 0 bridgehead atoms. The minimum atomic E-state index is 0.857. The molecule has 0 saturated heterocycles. The molecule has 0 aliphatic heterocycles. The number of fused-ring (bicyclic) bond motifs is 3. The number of benzene rings is 4. The van der Waals surface area contributed by atoms with E-state index in [2.05, 4.69) is 81.9 Å². The Morgan fingerprint density at radius 1 is 0.452 bits per heavy atom. The first-order valence-corrected chi connectivity index (χ1v) is 13.9. The second-order valence-electron chi connectivity index (χ2n) is 10.6. The monoisotopic (exact) mass is 542 g/mol. The Labute approximate surface area is 242 Å². The molecule has 0 N–H and O–H groups in total. The van der Waals surface area contributed by atoms with Gasteiger partial charge in [0.25, 0.3) is 0 Å². The fraction of sp³-hybridized carbons (Fsp3) is 0.0556. The molecule has 0 spiro atoms. The Hall–Kier alpha value is -5.62. The Kier molecular flexibility index (Phi) is 5.47. The predicted molar refractivity (Wildman–Crippen MR) is 170 cm³/mol. The van der Waals surface area contributed by atoms with Crippen LogP contribution in [0.5, 0.6) is 0 Å². The quantitative estimate of drug-likeness (QED) is 0.226. The molecule has 0 saturated carbocycles. The predicted octanol–water partition coefficient (Wildman–Crippen LogP) is 8.07. The maximum atomic E-state index is 4.79. The van der Waals surface area contributed by atoms with E-state index in [0.29, 0.717) is 0 Å². The Morgan fingerprint density at radius 2 is 0.905 bits per heavy atom. The van der Waals surface area contributed by atoms with Crippen LogP contribution in [0.25, 0.3) is 78.1 Å². The van der Waals surface area contributed by atoms with Gasteiger partial charge in [-0.1, -0.05) is 60.7 Å². The highest BCUT2D eigenvalue weighted by molar-refractivity contribution is 5.91. The SMILES string of the molecule is Cn1c(-c2ccc(-c3ccc4ccc(-c5ccc(-c6nc7ccccc7n6C)nc5)cc4c3)cn2)nc2ccccc21. The summed E-state index contributed by atoms with van der Waals surface area (Å²) in [4.78, 5) is 19.1. The van der Waals surface area contributed by atoms with Crippen molar-refractivity contribution >= 4 is 32.8 Å². The molecule has 0 aliphatic carbocycles. The lowest BCUT2D eigenvalue weighted by Gasteiger charge is -2.08. The second-order valence-corrected chi connectivity index (χ2v) is 10.6. The highest BCUT2D eigenvalue weighted by atomic mass is 15.1. The molecule has 0 fully saturated rings. The summed E-state index contributed by atoms with van der Waals surface area (Å²) in [6, 6.07) is 37.7. The van der Waals surface area contributed by atoms with E-state index in [0.717, 1.165) is 67.4 Å². The first-order valence-electron chi connectivity index (χ1n) is 13.9. The average molecular weight is 543 g/mol. The van der Waals surface area contributed by atoms with Crippen LogP contribution in [0.4, 0.5) is 0 Å². The summed E-state index contributed by atoms with van der Waals surface area (Å²) < 4.78 is 4.18. The minimum Gasteiger partial charge on any atom is -0.326 e. The van der Waals surface area contributed by atoms with Gasteiger partial charge in [0, 0.05) is 37.6 Å². The molecular formula is C36H26N6. The summed E-state index contributed by atoms with van der Waals surface area (Å²) in [5, 5.41) is 2.36. The lowest BCUT2D eigenvalue weighted by molar-refractivity contribution is 0.950. The van der Waals surface area contributed by atoms with Crippen LogP contribution < -0.4 is 0 Å². The Bertz CT molecular complexity index is 2100. The molecule has 0 atom stereocenters. The molecule has 6 heteroatoms. The zero-order chi connectivity index (χ0) is 28.2. The minimum absolute atomic E-state index is 0.857. The van der Waals surface area contributed by atoms with E-state index in [1.54, 1.807) is 0 Å². The van der Waals surface area contributed by atoms with Gasteiger partial charge < -0.3 is 9.13 Å². The van der Waals surface area contributed by atoms with Crippen molar-refractivity contribution in [2.75, 3.05) is 0 Å². The number of pyridine rings is 2. The van der Waals surface area contributed by atoms with E-state index >= 15 is 0 Å². The lowest BCUT2D eigenvalue weighted by Crippen LogP contribution is -1.95. The smallest absolute Gasteiger partial charge is 0.159 e. The van der Waals surface area contributed by atoms with Crippen molar-refractivity contribution in [3.05, 3.63) is 122 Å². The molecule has 4 aromatic carbocycles. The normalized spacial score (nSPS) is 11.6. The third kappa shape index (κ3) is 3.96. The van der Waals surface area contributed by atoms with Gasteiger partial charge in [-0.2, -0.15) is 0 Å². The van der Waals surface area contributed by atoms with Crippen LogP contribution in [0.15, 0.2) is 122 Å². The molecule has 0 radical (unpaired) electrons. The number of nitrogens with zero attached hydrogens (tertiary/aromatic N) is 6. The molecule has 0 amide bonds. The molecule has 0 unspecified atom stereocenters. The van der Waals surface area contributed by atoms with Gasteiger partial charge in [-0.05, 0) is 70.4 Å². The van der Waals surface area contributed by atoms with Gasteiger partial charge in [0.15, 0.2) is 11.6 Å². The van der Waals surface area contributed by atoms with Crippen molar-refractivity contribution in [2.24, 2.45) is 14.1 Å². The topological polar surface area (TPSA) is 61.4 Å². The summed E-state index contributed by atoms with van der Waals surface area (Å²) in [5.41, 5.74) is 10.2. The van der Waals surface area contributed by atoms with Crippen LogP contribution in [0.1, 0.15) is 0 Å². The van der Waals surface area contributed by atoms with E-state index in [1.165, 1.54) is 10.8 Å². The molecule has 4 aromatic heterocycles. The van der Waals surface area contributed by atoms with Crippen molar-refractivity contribution in [3.63, 3.8) is 0 Å². The van der Waals surface area contributed by atoms with Crippen molar-refractivity contribution in [3.8, 4) is 45.3 Å². The van der Waals surface area contributed by atoms with Gasteiger partial charge in [0.2, 0.25) is 0 Å². The molecular weight excluding hydrogens is 516 g/mol. The molecule has 6 nitrogen and oxygen atoms in total. The fourth-order valence-electron chi connectivity index (χ4n) is 5.75. The maximum Gasteiger partial charge on any atom is 0.159 e. The van der Waals surface area contributed by atoms with E-state index in [9.17, 15) is 0 Å². The summed E-state index contributed by atoms with van der Waals surface area (Å²) in [6.45, 7) is 0. The van der Waals surface area contributed by atoms with Gasteiger partial charge in [-0.3, -0.25) is 9.97 Å². The Morgan fingerprint density at radius 3 is 1.33 bits per heavy atom. The maximum absolute atomic E-state index is 4.79. The number of imidazole rings is 2. The molecule has 8 rings (SSSR count). The van der Waals surface area contributed by atoms with Crippen LogP contribution in [-0.4, -0.2) is 29.1 Å². The van der Waals surface area contributed by atoms with Crippen molar-refractivity contribution in [1.29, 1.82) is 0 Å². The Balaban J connectivity index is 1.09. The zero-order valence-electron chi connectivity index (χ0n) is 23.2. The number of hydrogen-bond acceptors (Lipinski definition) is 4. The summed E-state index contributed by atoms with van der Waals surface area (Å²) in [6.07, 6.45) is 3.87. The average Bonchev–Trinajstić information content (AvgIpc) is 3.57. The van der Waals surface area contributed by atoms with Crippen LogP contribution in [-0.2, 0) is 14.1 Å². The summed E-state index contributed by atoms with van der Waals surface area (Å²) in [7, 11) is 4.06. The number of aryl methyl sites for hydroxylation is 2. The summed E-state index contributed by atoms with van der Waals surface area (Å²) >= 11 is 0. The number of para-hydroxylation sites is 4. The van der Waals surface area contributed by atoms with Crippen LogP contribution >= 0.6 is 0 Å². The first kappa shape index (κ1) is 24.2. The molecule has 200 valence electrons. The van der Waals surface area contributed by atoms with Crippen molar-refractivity contribution < 1.29 is 0 Å². The molecule has 0 aliphatic rings. The summed E-state index contributed by atoms with van der Waals surface area (Å²) in [5.74, 6) is 1.73. The largest absolute Gasteiger partial charge is 0.326 e. The van der Waals surface area contributed by atoms with E-state index in [-0.39, 0.29) is 0 Å². The molecule has 42 heavy (non-hydrogen) atoms. The first-order chi connectivity index (χ1) is 20.6. The highest BCUT2D eigenvalue weighted by Gasteiger charge is 2.13. The molecule has 4 heterocycles. The van der Waals surface area contributed by atoms with E-state index in [4.69, 9.17) is 19.9 Å².